The highest BCUT2D eigenvalue weighted by molar-refractivity contribution is 7.80. The second-order valence-electron chi connectivity index (χ2n) is 4.64. The molecule has 8 heteroatoms. The molecule has 7 nitrogen and oxygen atoms in total. The van der Waals surface area contributed by atoms with Gasteiger partial charge in [-0.15, -0.1) is 0 Å². The number of nitro benzene ring substituents is 1. The van der Waals surface area contributed by atoms with Crippen LogP contribution in [0.2, 0.25) is 0 Å². The van der Waals surface area contributed by atoms with Crippen molar-refractivity contribution in [3.63, 3.8) is 0 Å². The van der Waals surface area contributed by atoms with Crippen LogP contribution >= 0.6 is 12.2 Å². The van der Waals surface area contributed by atoms with Gasteiger partial charge in [0.15, 0.2) is 5.11 Å². The first-order valence-electron chi connectivity index (χ1n) is 6.30. The normalized spacial score (nSPS) is 14.9. The number of nitrogens with one attached hydrogen (secondary N) is 2. The first kappa shape index (κ1) is 14.5. The molecule has 4 N–H and O–H groups in total. The van der Waals surface area contributed by atoms with Crippen molar-refractivity contribution in [3.05, 3.63) is 27.8 Å². The standard InChI is InChI=1S/C12H17N5O2S/c1-8-6-11(17(18)19)10(7-9(8)15-12(13)20)16-4-2-14-3-5-16/h6-7,14H,2-5H2,1H3,(H3,13,15,20). The number of anilines is 2. The van der Waals surface area contributed by atoms with Gasteiger partial charge in [-0.1, -0.05) is 0 Å². The SMILES string of the molecule is Cc1cc([N+](=O)[O-])c(N2CCNCC2)cc1NC(N)=S. The van der Waals surface area contributed by atoms with Crippen LogP contribution in [0.15, 0.2) is 12.1 Å². The van der Waals surface area contributed by atoms with E-state index in [2.05, 4.69) is 10.6 Å². The number of rotatable bonds is 3. The molecule has 0 bridgehead atoms. The molecule has 0 saturated carbocycles. The fraction of sp³-hybridized carbons (Fsp3) is 0.417. The Balaban J connectivity index is 2.44. The molecule has 1 aromatic carbocycles. The first-order chi connectivity index (χ1) is 9.49. The minimum Gasteiger partial charge on any atom is -0.376 e. The molecule has 1 aliphatic heterocycles. The van der Waals surface area contributed by atoms with Crippen LogP contribution in [0.5, 0.6) is 0 Å². The summed E-state index contributed by atoms with van der Waals surface area (Å²) < 4.78 is 0. The van der Waals surface area contributed by atoms with Crippen LogP contribution in [0.25, 0.3) is 0 Å². The zero-order chi connectivity index (χ0) is 14.7. The predicted octanol–water partition coefficient (Wildman–Crippen LogP) is 0.968. The van der Waals surface area contributed by atoms with Crippen molar-refractivity contribution < 1.29 is 4.92 Å². The molecule has 0 aromatic heterocycles. The van der Waals surface area contributed by atoms with Crippen LogP contribution in [0.3, 0.4) is 0 Å². The van der Waals surface area contributed by atoms with Crippen molar-refractivity contribution in [2.24, 2.45) is 5.73 Å². The maximum absolute atomic E-state index is 11.2. The van der Waals surface area contributed by atoms with E-state index in [0.29, 0.717) is 11.4 Å². The Morgan fingerprint density at radius 1 is 1.50 bits per heavy atom. The van der Waals surface area contributed by atoms with Gasteiger partial charge in [0.2, 0.25) is 0 Å². The van der Waals surface area contributed by atoms with E-state index >= 15 is 0 Å². The van der Waals surface area contributed by atoms with E-state index in [1.54, 1.807) is 19.1 Å². The molecule has 1 aromatic rings. The fourth-order valence-corrected chi connectivity index (χ4v) is 2.36. The van der Waals surface area contributed by atoms with Gasteiger partial charge in [0.1, 0.15) is 5.69 Å². The van der Waals surface area contributed by atoms with Gasteiger partial charge in [-0.25, -0.2) is 0 Å². The molecule has 0 amide bonds. The summed E-state index contributed by atoms with van der Waals surface area (Å²) in [5, 5.41) is 17.5. The number of thiocarbonyl (C=S) groups is 1. The summed E-state index contributed by atoms with van der Waals surface area (Å²) >= 11 is 4.83. The Kier molecular flexibility index (Phi) is 4.35. The Labute approximate surface area is 122 Å². The molecule has 1 fully saturated rings. The number of hydrogen-bond acceptors (Lipinski definition) is 5. The topological polar surface area (TPSA) is 96.5 Å². The second-order valence-corrected chi connectivity index (χ2v) is 5.08. The van der Waals surface area contributed by atoms with Crippen molar-refractivity contribution in [3.8, 4) is 0 Å². The molecule has 1 heterocycles. The Morgan fingerprint density at radius 3 is 2.70 bits per heavy atom. The lowest BCUT2D eigenvalue weighted by atomic mass is 10.1. The predicted molar refractivity (Wildman–Crippen MR) is 83.3 cm³/mol. The van der Waals surface area contributed by atoms with Crippen LogP contribution in [0.1, 0.15) is 5.56 Å². The van der Waals surface area contributed by atoms with Gasteiger partial charge in [0, 0.05) is 37.9 Å². The zero-order valence-corrected chi connectivity index (χ0v) is 12.0. The summed E-state index contributed by atoms with van der Waals surface area (Å²) in [7, 11) is 0. The van der Waals surface area contributed by atoms with Gasteiger partial charge in [-0.3, -0.25) is 10.1 Å². The quantitative estimate of drug-likeness (QED) is 0.434. The third kappa shape index (κ3) is 3.14. The summed E-state index contributed by atoms with van der Waals surface area (Å²) in [6, 6.07) is 3.30. The number of piperazine rings is 1. The Hall–Kier alpha value is -1.93. The van der Waals surface area contributed by atoms with Crippen molar-refractivity contribution in [1.82, 2.24) is 5.32 Å². The molecule has 1 aliphatic rings. The van der Waals surface area contributed by atoms with E-state index in [4.69, 9.17) is 18.0 Å². The van der Waals surface area contributed by atoms with Crippen LogP contribution in [0.4, 0.5) is 17.1 Å². The van der Waals surface area contributed by atoms with Crippen molar-refractivity contribution >= 4 is 34.4 Å². The molecular formula is C12H17N5O2S. The summed E-state index contributed by atoms with van der Waals surface area (Å²) in [6.45, 7) is 4.87. The number of benzene rings is 1. The van der Waals surface area contributed by atoms with E-state index < -0.39 is 0 Å². The van der Waals surface area contributed by atoms with E-state index in [9.17, 15) is 10.1 Å². The van der Waals surface area contributed by atoms with Crippen molar-refractivity contribution in [2.75, 3.05) is 36.4 Å². The molecule has 108 valence electrons. The van der Waals surface area contributed by atoms with E-state index in [0.717, 1.165) is 31.7 Å². The van der Waals surface area contributed by atoms with E-state index in [1.807, 2.05) is 4.90 Å². The molecule has 2 rings (SSSR count). The van der Waals surface area contributed by atoms with Crippen molar-refractivity contribution in [1.29, 1.82) is 0 Å². The van der Waals surface area contributed by atoms with E-state index in [1.165, 1.54) is 0 Å². The third-order valence-electron chi connectivity index (χ3n) is 3.23. The van der Waals surface area contributed by atoms with Crippen LogP contribution < -0.4 is 21.3 Å². The number of nitro groups is 1. The molecule has 0 spiro atoms. The average molecular weight is 295 g/mol. The van der Waals surface area contributed by atoms with Gasteiger partial charge in [0.25, 0.3) is 5.69 Å². The Morgan fingerprint density at radius 2 is 2.15 bits per heavy atom. The number of hydrogen-bond donors (Lipinski definition) is 3. The molecular weight excluding hydrogens is 278 g/mol. The van der Waals surface area contributed by atoms with Gasteiger partial charge in [-0.05, 0) is 30.8 Å². The van der Waals surface area contributed by atoms with Crippen LogP contribution in [-0.2, 0) is 0 Å². The molecule has 0 unspecified atom stereocenters. The smallest absolute Gasteiger partial charge is 0.292 e. The van der Waals surface area contributed by atoms with Crippen LogP contribution in [-0.4, -0.2) is 36.2 Å². The molecule has 0 radical (unpaired) electrons. The monoisotopic (exact) mass is 295 g/mol. The Bertz CT molecular complexity index is 543. The summed E-state index contributed by atoms with van der Waals surface area (Å²) in [6.07, 6.45) is 0. The first-order valence-corrected chi connectivity index (χ1v) is 6.71. The average Bonchev–Trinajstić information content (AvgIpc) is 2.41. The largest absolute Gasteiger partial charge is 0.376 e. The maximum Gasteiger partial charge on any atom is 0.292 e. The fourth-order valence-electron chi connectivity index (χ4n) is 2.25. The maximum atomic E-state index is 11.2. The highest BCUT2D eigenvalue weighted by atomic mass is 32.1. The second kappa shape index (κ2) is 6.02. The minimum atomic E-state index is -0.352. The molecule has 0 atom stereocenters. The third-order valence-corrected chi connectivity index (χ3v) is 3.34. The van der Waals surface area contributed by atoms with Crippen LogP contribution in [0, 0.1) is 17.0 Å². The zero-order valence-electron chi connectivity index (χ0n) is 11.2. The molecule has 20 heavy (non-hydrogen) atoms. The summed E-state index contributed by atoms with van der Waals surface area (Å²) in [5.74, 6) is 0. The lowest BCUT2D eigenvalue weighted by molar-refractivity contribution is -0.384. The van der Waals surface area contributed by atoms with Gasteiger partial charge in [0.05, 0.1) is 4.92 Å². The van der Waals surface area contributed by atoms with Crippen molar-refractivity contribution in [2.45, 2.75) is 6.92 Å². The van der Waals surface area contributed by atoms with Gasteiger partial charge in [-0.2, -0.15) is 0 Å². The number of aryl methyl sites for hydroxylation is 1. The lowest BCUT2D eigenvalue weighted by Gasteiger charge is -2.29. The van der Waals surface area contributed by atoms with Gasteiger partial charge < -0.3 is 21.3 Å². The highest BCUT2D eigenvalue weighted by Crippen LogP contribution is 2.34. The molecule has 0 aliphatic carbocycles. The molecule has 1 saturated heterocycles. The van der Waals surface area contributed by atoms with E-state index in [-0.39, 0.29) is 15.7 Å². The minimum absolute atomic E-state index is 0.109. The number of nitrogens with zero attached hydrogens (tertiary/aromatic N) is 2. The highest BCUT2D eigenvalue weighted by Gasteiger charge is 2.23. The lowest BCUT2D eigenvalue weighted by Crippen LogP contribution is -2.43. The van der Waals surface area contributed by atoms with Gasteiger partial charge >= 0.3 is 0 Å². The summed E-state index contributed by atoms with van der Waals surface area (Å²) in [4.78, 5) is 12.9. The summed E-state index contributed by atoms with van der Waals surface area (Å²) in [5.41, 5.74) is 7.63. The number of nitrogens with two attached hydrogens (primary N) is 1.